The summed E-state index contributed by atoms with van der Waals surface area (Å²) in [6.45, 7) is 5.38. The second kappa shape index (κ2) is 11.2. The number of hydrogen-bond acceptors (Lipinski definition) is 5. The average molecular weight is 387 g/mol. The number of nitrogens with zero attached hydrogens (tertiary/aromatic N) is 1. The molecule has 0 aliphatic carbocycles. The predicted octanol–water partition coefficient (Wildman–Crippen LogP) is 2.03. The Hall–Kier alpha value is -1.64. The molecule has 148 valence electrons. The summed E-state index contributed by atoms with van der Waals surface area (Å²) in [6, 6.07) is 6.24. The van der Waals surface area contributed by atoms with E-state index in [1.54, 1.807) is 12.1 Å². The molecule has 0 unspecified atom stereocenters. The first-order valence-electron chi connectivity index (χ1n) is 8.76. The highest BCUT2D eigenvalue weighted by Crippen LogP contribution is 2.18. The SMILES string of the molecule is COc1ccc(S(=O)(=O)N(C)CCCC(=O)NCCCOC(C)C)cc1. The molecule has 26 heavy (non-hydrogen) atoms. The largest absolute Gasteiger partial charge is 0.497 e. The van der Waals surface area contributed by atoms with Gasteiger partial charge in [-0.15, -0.1) is 0 Å². The number of rotatable bonds is 12. The van der Waals surface area contributed by atoms with Gasteiger partial charge in [-0.25, -0.2) is 12.7 Å². The van der Waals surface area contributed by atoms with Gasteiger partial charge in [-0.1, -0.05) is 0 Å². The molecule has 0 atom stereocenters. The van der Waals surface area contributed by atoms with Gasteiger partial charge in [0.15, 0.2) is 0 Å². The summed E-state index contributed by atoms with van der Waals surface area (Å²) in [4.78, 5) is 12.0. The van der Waals surface area contributed by atoms with E-state index >= 15 is 0 Å². The normalized spacial score (nSPS) is 11.8. The van der Waals surface area contributed by atoms with E-state index in [0.717, 1.165) is 6.42 Å². The highest BCUT2D eigenvalue weighted by molar-refractivity contribution is 7.89. The molecule has 1 amide bonds. The van der Waals surface area contributed by atoms with Gasteiger partial charge in [0, 0.05) is 33.2 Å². The lowest BCUT2D eigenvalue weighted by Gasteiger charge is -2.17. The van der Waals surface area contributed by atoms with Crippen molar-refractivity contribution in [3.63, 3.8) is 0 Å². The Kier molecular flexibility index (Phi) is 9.61. The van der Waals surface area contributed by atoms with Crippen molar-refractivity contribution in [2.75, 3.05) is 33.9 Å². The fraction of sp³-hybridized carbons (Fsp3) is 0.611. The topological polar surface area (TPSA) is 84.9 Å². The maximum absolute atomic E-state index is 12.5. The van der Waals surface area contributed by atoms with Gasteiger partial charge in [0.2, 0.25) is 15.9 Å². The van der Waals surface area contributed by atoms with Gasteiger partial charge in [-0.2, -0.15) is 0 Å². The van der Waals surface area contributed by atoms with Crippen LogP contribution in [0.5, 0.6) is 5.75 Å². The highest BCUT2D eigenvalue weighted by Gasteiger charge is 2.20. The van der Waals surface area contributed by atoms with E-state index < -0.39 is 10.0 Å². The Morgan fingerprint density at radius 2 is 1.85 bits per heavy atom. The van der Waals surface area contributed by atoms with Crippen molar-refractivity contribution in [2.45, 2.75) is 44.1 Å². The Labute approximate surface area is 156 Å². The molecule has 7 nitrogen and oxygen atoms in total. The fourth-order valence-corrected chi connectivity index (χ4v) is 3.43. The third kappa shape index (κ3) is 7.72. The van der Waals surface area contributed by atoms with Crippen LogP contribution < -0.4 is 10.1 Å². The minimum absolute atomic E-state index is 0.0789. The molecule has 0 fully saturated rings. The third-order valence-corrected chi connectivity index (χ3v) is 5.61. The lowest BCUT2D eigenvalue weighted by Crippen LogP contribution is -2.30. The number of carbonyl (C=O) groups excluding carboxylic acids is 1. The van der Waals surface area contributed by atoms with Crippen LogP contribution in [0.25, 0.3) is 0 Å². The average Bonchev–Trinajstić information content (AvgIpc) is 2.61. The summed E-state index contributed by atoms with van der Waals surface area (Å²) in [5.41, 5.74) is 0. The van der Waals surface area contributed by atoms with Crippen molar-refractivity contribution in [3.8, 4) is 5.75 Å². The van der Waals surface area contributed by atoms with Crippen LogP contribution in [0.1, 0.15) is 33.1 Å². The van der Waals surface area contributed by atoms with Gasteiger partial charge in [-0.3, -0.25) is 4.79 Å². The van der Waals surface area contributed by atoms with Crippen molar-refractivity contribution in [2.24, 2.45) is 0 Å². The van der Waals surface area contributed by atoms with Gasteiger partial charge in [0.25, 0.3) is 0 Å². The van der Waals surface area contributed by atoms with E-state index in [-0.39, 0.29) is 29.9 Å². The molecule has 1 aromatic carbocycles. The molecule has 1 rings (SSSR count). The molecule has 0 aromatic heterocycles. The van der Waals surface area contributed by atoms with E-state index in [4.69, 9.17) is 9.47 Å². The van der Waals surface area contributed by atoms with E-state index in [2.05, 4.69) is 5.32 Å². The molecule has 0 aliphatic rings. The molecule has 1 aromatic rings. The molecule has 0 bridgehead atoms. The minimum atomic E-state index is -3.56. The first kappa shape index (κ1) is 22.4. The van der Waals surface area contributed by atoms with Crippen molar-refractivity contribution < 1.29 is 22.7 Å². The second-order valence-corrected chi connectivity index (χ2v) is 8.27. The summed E-state index contributed by atoms with van der Waals surface area (Å²) < 4.78 is 36.6. The monoisotopic (exact) mass is 386 g/mol. The molecular weight excluding hydrogens is 356 g/mol. The number of methoxy groups -OCH3 is 1. The van der Waals surface area contributed by atoms with Crippen molar-refractivity contribution in [1.82, 2.24) is 9.62 Å². The Morgan fingerprint density at radius 1 is 1.19 bits per heavy atom. The third-order valence-electron chi connectivity index (χ3n) is 3.74. The first-order chi connectivity index (χ1) is 12.3. The molecule has 0 radical (unpaired) electrons. The molecule has 1 N–H and O–H groups in total. The molecule has 0 saturated carbocycles. The summed E-state index contributed by atoms with van der Waals surface area (Å²) in [5.74, 6) is 0.520. The fourth-order valence-electron chi connectivity index (χ4n) is 2.22. The van der Waals surface area contributed by atoms with Crippen LogP contribution in [0.4, 0.5) is 0 Å². The van der Waals surface area contributed by atoms with Crippen LogP contribution >= 0.6 is 0 Å². The summed E-state index contributed by atoms with van der Waals surface area (Å²) in [5, 5.41) is 2.81. The maximum atomic E-state index is 12.5. The number of ether oxygens (including phenoxy) is 2. The van der Waals surface area contributed by atoms with Crippen LogP contribution in [0.3, 0.4) is 0 Å². The quantitative estimate of drug-likeness (QED) is 0.556. The van der Waals surface area contributed by atoms with E-state index in [1.807, 2.05) is 13.8 Å². The first-order valence-corrected chi connectivity index (χ1v) is 10.2. The zero-order valence-corrected chi connectivity index (χ0v) is 16.8. The van der Waals surface area contributed by atoms with Gasteiger partial charge in [0.1, 0.15) is 5.75 Å². The second-order valence-electron chi connectivity index (χ2n) is 6.23. The zero-order chi connectivity index (χ0) is 19.6. The lowest BCUT2D eigenvalue weighted by atomic mass is 10.3. The molecule has 0 heterocycles. The molecule has 0 saturated heterocycles. The van der Waals surface area contributed by atoms with E-state index in [0.29, 0.717) is 25.3 Å². The molecule has 8 heteroatoms. The van der Waals surface area contributed by atoms with Crippen LogP contribution in [-0.4, -0.2) is 58.6 Å². The lowest BCUT2D eigenvalue weighted by molar-refractivity contribution is -0.121. The number of nitrogens with one attached hydrogen (secondary N) is 1. The number of hydrogen-bond donors (Lipinski definition) is 1. The smallest absolute Gasteiger partial charge is 0.242 e. The molecular formula is C18H30N2O5S. The van der Waals surface area contributed by atoms with E-state index in [1.165, 1.54) is 30.6 Å². The van der Waals surface area contributed by atoms with Gasteiger partial charge in [0.05, 0.1) is 18.1 Å². The van der Waals surface area contributed by atoms with E-state index in [9.17, 15) is 13.2 Å². The number of carbonyl (C=O) groups is 1. The predicted molar refractivity (Wildman–Crippen MR) is 101 cm³/mol. The summed E-state index contributed by atoms with van der Waals surface area (Å²) in [7, 11) is -0.524. The van der Waals surface area contributed by atoms with Crippen molar-refractivity contribution in [3.05, 3.63) is 24.3 Å². The number of sulfonamides is 1. The molecule has 0 aliphatic heterocycles. The van der Waals surface area contributed by atoms with Crippen LogP contribution in [0, 0.1) is 0 Å². The van der Waals surface area contributed by atoms with Crippen molar-refractivity contribution in [1.29, 1.82) is 0 Å². The Bertz CT molecular complexity index is 644. The van der Waals surface area contributed by atoms with Crippen LogP contribution in [0.2, 0.25) is 0 Å². The summed E-state index contributed by atoms with van der Waals surface area (Å²) >= 11 is 0. The summed E-state index contributed by atoms with van der Waals surface area (Å²) in [6.07, 6.45) is 1.69. The Balaban J connectivity index is 2.33. The van der Waals surface area contributed by atoms with Gasteiger partial charge in [-0.05, 0) is 51.0 Å². The van der Waals surface area contributed by atoms with Crippen LogP contribution in [-0.2, 0) is 19.6 Å². The van der Waals surface area contributed by atoms with Gasteiger partial charge >= 0.3 is 0 Å². The van der Waals surface area contributed by atoms with Crippen molar-refractivity contribution >= 4 is 15.9 Å². The zero-order valence-electron chi connectivity index (χ0n) is 16.0. The number of benzene rings is 1. The van der Waals surface area contributed by atoms with Gasteiger partial charge < -0.3 is 14.8 Å². The highest BCUT2D eigenvalue weighted by atomic mass is 32.2. The Morgan fingerprint density at radius 3 is 2.42 bits per heavy atom. The maximum Gasteiger partial charge on any atom is 0.242 e. The van der Waals surface area contributed by atoms with Crippen LogP contribution in [0.15, 0.2) is 29.2 Å². The minimum Gasteiger partial charge on any atom is -0.497 e. The molecule has 0 spiro atoms. The number of amides is 1. The standard InChI is InChI=1S/C18H30N2O5S/c1-15(2)25-14-6-12-19-18(21)7-5-13-20(3)26(22,23)17-10-8-16(24-4)9-11-17/h8-11,15H,5-7,12-14H2,1-4H3,(H,19,21).